The first kappa shape index (κ1) is 15.6. The van der Waals surface area contributed by atoms with E-state index < -0.39 is 5.60 Å². The van der Waals surface area contributed by atoms with Gasteiger partial charge in [0.15, 0.2) is 0 Å². The fourth-order valence-electron chi connectivity index (χ4n) is 3.68. The second-order valence-corrected chi connectivity index (χ2v) is 7.43. The predicted octanol–water partition coefficient (Wildman–Crippen LogP) is 2.00. The van der Waals surface area contributed by atoms with Crippen LogP contribution in [0, 0.1) is 5.92 Å². The summed E-state index contributed by atoms with van der Waals surface area (Å²) in [4.78, 5) is 0. The molecule has 0 aromatic rings. The summed E-state index contributed by atoms with van der Waals surface area (Å²) in [5, 5.41) is 17.6. The van der Waals surface area contributed by atoms with E-state index in [9.17, 15) is 5.11 Å². The van der Waals surface area contributed by atoms with Crippen molar-refractivity contribution < 1.29 is 5.11 Å². The van der Waals surface area contributed by atoms with Crippen LogP contribution in [0.25, 0.3) is 0 Å². The van der Waals surface area contributed by atoms with Crippen molar-refractivity contribution in [2.75, 3.05) is 25.1 Å². The first-order valence-electron chi connectivity index (χ1n) is 7.80. The van der Waals surface area contributed by atoms with Gasteiger partial charge in [0.1, 0.15) is 0 Å². The Morgan fingerprint density at radius 1 is 1.26 bits per heavy atom. The lowest BCUT2D eigenvalue weighted by Gasteiger charge is -2.38. The predicted molar refractivity (Wildman–Crippen MR) is 83.8 cm³/mol. The van der Waals surface area contributed by atoms with Gasteiger partial charge in [0, 0.05) is 24.4 Å². The van der Waals surface area contributed by atoms with Crippen LogP contribution in [-0.2, 0) is 0 Å². The van der Waals surface area contributed by atoms with Gasteiger partial charge in [-0.1, -0.05) is 12.8 Å². The standard InChI is InChI=1S/C15H30N2OS/c1-15(18,11-19-2)10-17-14-7-4-3-6-12(14)13-8-5-9-16-13/h12-14,16-18H,3-11H2,1-2H3. The molecule has 1 aliphatic carbocycles. The molecule has 1 heterocycles. The zero-order valence-electron chi connectivity index (χ0n) is 12.5. The van der Waals surface area contributed by atoms with Crippen molar-refractivity contribution in [3.05, 3.63) is 0 Å². The maximum atomic E-state index is 10.3. The molecule has 0 aromatic heterocycles. The van der Waals surface area contributed by atoms with Crippen LogP contribution in [0.4, 0.5) is 0 Å². The van der Waals surface area contributed by atoms with E-state index in [2.05, 4.69) is 16.9 Å². The number of thioether (sulfide) groups is 1. The summed E-state index contributed by atoms with van der Waals surface area (Å²) in [5.41, 5.74) is -0.579. The van der Waals surface area contributed by atoms with Gasteiger partial charge in [0.05, 0.1) is 5.60 Å². The summed E-state index contributed by atoms with van der Waals surface area (Å²) >= 11 is 1.72. The van der Waals surface area contributed by atoms with Gasteiger partial charge >= 0.3 is 0 Å². The van der Waals surface area contributed by atoms with E-state index in [0.717, 1.165) is 18.2 Å². The lowest BCUT2D eigenvalue weighted by atomic mass is 9.79. The summed E-state index contributed by atoms with van der Waals surface area (Å²) < 4.78 is 0. The molecular weight excluding hydrogens is 256 g/mol. The zero-order valence-corrected chi connectivity index (χ0v) is 13.3. The summed E-state index contributed by atoms with van der Waals surface area (Å²) in [5.74, 6) is 1.57. The highest BCUT2D eigenvalue weighted by molar-refractivity contribution is 7.98. The van der Waals surface area contributed by atoms with Crippen molar-refractivity contribution >= 4 is 11.8 Å². The summed E-state index contributed by atoms with van der Waals surface area (Å²) in [6.45, 7) is 3.86. The van der Waals surface area contributed by atoms with Crippen molar-refractivity contribution in [1.29, 1.82) is 0 Å². The third-order valence-electron chi connectivity index (χ3n) is 4.64. The molecule has 2 aliphatic rings. The van der Waals surface area contributed by atoms with Crippen molar-refractivity contribution in [1.82, 2.24) is 10.6 Å². The maximum absolute atomic E-state index is 10.3. The summed E-state index contributed by atoms with van der Waals surface area (Å²) in [6, 6.07) is 1.31. The van der Waals surface area contributed by atoms with E-state index in [1.807, 2.05) is 6.92 Å². The van der Waals surface area contributed by atoms with Gasteiger partial charge in [0.25, 0.3) is 0 Å². The first-order valence-corrected chi connectivity index (χ1v) is 9.20. The minimum Gasteiger partial charge on any atom is -0.388 e. The fraction of sp³-hybridized carbons (Fsp3) is 1.00. The second kappa shape index (κ2) is 7.30. The molecule has 1 saturated carbocycles. The van der Waals surface area contributed by atoms with Gasteiger partial charge in [-0.2, -0.15) is 11.8 Å². The Bertz CT molecular complexity index is 267. The van der Waals surface area contributed by atoms with Crippen LogP contribution in [0.5, 0.6) is 0 Å². The molecule has 4 atom stereocenters. The van der Waals surface area contributed by atoms with Gasteiger partial charge in [-0.3, -0.25) is 0 Å². The van der Waals surface area contributed by atoms with Crippen LogP contribution in [-0.4, -0.2) is 47.9 Å². The Morgan fingerprint density at radius 3 is 2.74 bits per heavy atom. The molecule has 1 saturated heterocycles. The molecule has 0 bridgehead atoms. The Labute approximate surface area is 122 Å². The Balaban J connectivity index is 1.85. The third-order valence-corrected chi connectivity index (χ3v) is 5.55. The average molecular weight is 286 g/mol. The largest absolute Gasteiger partial charge is 0.388 e. The van der Waals surface area contributed by atoms with Crippen LogP contribution in [0.3, 0.4) is 0 Å². The minimum absolute atomic E-state index is 0.579. The van der Waals surface area contributed by atoms with Crippen LogP contribution in [0.1, 0.15) is 45.4 Å². The molecule has 3 N–H and O–H groups in total. The van der Waals surface area contributed by atoms with E-state index in [-0.39, 0.29) is 0 Å². The SMILES string of the molecule is CSCC(C)(O)CNC1CCCCC1C1CCCN1. The summed E-state index contributed by atoms with van der Waals surface area (Å²) in [7, 11) is 0. The average Bonchev–Trinajstić information content (AvgIpc) is 2.90. The Hall–Kier alpha value is 0.230. The van der Waals surface area contributed by atoms with Crippen LogP contribution in [0.2, 0.25) is 0 Å². The van der Waals surface area contributed by atoms with Gasteiger partial charge in [-0.05, 0) is 51.3 Å². The molecule has 19 heavy (non-hydrogen) atoms. The molecule has 0 aromatic carbocycles. The Morgan fingerprint density at radius 2 is 2.05 bits per heavy atom. The molecule has 0 spiro atoms. The van der Waals surface area contributed by atoms with E-state index >= 15 is 0 Å². The molecule has 0 radical (unpaired) electrons. The molecule has 2 rings (SSSR count). The lowest BCUT2D eigenvalue weighted by Crippen LogP contribution is -2.51. The number of hydrogen-bond donors (Lipinski definition) is 3. The smallest absolute Gasteiger partial charge is 0.0833 e. The molecule has 1 aliphatic heterocycles. The number of hydrogen-bond acceptors (Lipinski definition) is 4. The molecule has 0 amide bonds. The van der Waals surface area contributed by atoms with Crippen LogP contribution in [0.15, 0.2) is 0 Å². The highest BCUT2D eigenvalue weighted by Crippen LogP contribution is 2.30. The topological polar surface area (TPSA) is 44.3 Å². The van der Waals surface area contributed by atoms with E-state index in [0.29, 0.717) is 12.1 Å². The first-order chi connectivity index (χ1) is 9.12. The molecule has 4 unspecified atom stereocenters. The normalized spacial score (nSPS) is 35.2. The fourth-order valence-corrected chi connectivity index (χ4v) is 4.41. The van der Waals surface area contributed by atoms with Crippen LogP contribution >= 0.6 is 11.8 Å². The molecule has 112 valence electrons. The molecular formula is C15H30N2OS. The van der Waals surface area contributed by atoms with Crippen molar-refractivity contribution in [3.8, 4) is 0 Å². The molecule has 2 fully saturated rings. The van der Waals surface area contributed by atoms with Crippen molar-refractivity contribution in [2.45, 2.75) is 63.1 Å². The number of rotatable bonds is 6. The van der Waals surface area contributed by atoms with E-state index in [1.54, 1.807) is 11.8 Å². The maximum Gasteiger partial charge on any atom is 0.0833 e. The highest BCUT2D eigenvalue weighted by Gasteiger charge is 2.34. The van der Waals surface area contributed by atoms with Gasteiger partial charge < -0.3 is 15.7 Å². The quantitative estimate of drug-likeness (QED) is 0.699. The lowest BCUT2D eigenvalue weighted by molar-refractivity contribution is 0.0730. The summed E-state index contributed by atoms with van der Waals surface area (Å²) in [6.07, 6.45) is 10.1. The number of nitrogens with one attached hydrogen (secondary N) is 2. The van der Waals surface area contributed by atoms with Gasteiger partial charge in [-0.15, -0.1) is 0 Å². The third kappa shape index (κ3) is 4.62. The molecule has 3 nitrogen and oxygen atoms in total. The monoisotopic (exact) mass is 286 g/mol. The second-order valence-electron chi connectivity index (χ2n) is 6.57. The molecule has 4 heteroatoms. The number of aliphatic hydroxyl groups is 1. The van der Waals surface area contributed by atoms with Crippen molar-refractivity contribution in [2.24, 2.45) is 5.92 Å². The minimum atomic E-state index is -0.579. The Kier molecular flexibility index (Phi) is 6.00. The van der Waals surface area contributed by atoms with Crippen molar-refractivity contribution in [3.63, 3.8) is 0 Å². The van der Waals surface area contributed by atoms with Gasteiger partial charge in [0.2, 0.25) is 0 Å². The van der Waals surface area contributed by atoms with E-state index in [4.69, 9.17) is 0 Å². The highest BCUT2D eigenvalue weighted by atomic mass is 32.2. The van der Waals surface area contributed by atoms with Crippen LogP contribution < -0.4 is 10.6 Å². The van der Waals surface area contributed by atoms with E-state index in [1.165, 1.54) is 45.1 Å². The van der Waals surface area contributed by atoms with Gasteiger partial charge in [-0.25, -0.2) is 0 Å². The zero-order chi connectivity index (χ0) is 13.7.